The Labute approximate surface area is 153 Å². The van der Waals surface area contributed by atoms with Gasteiger partial charge in [-0.25, -0.2) is 0 Å². The van der Waals surface area contributed by atoms with Crippen LogP contribution in [0.5, 0.6) is 0 Å². The van der Waals surface area contributed by atoms with Crippen LogP contribution in [0.15, 0.2) is 35.3 Å². The van der Waals surface area contributed by atoms with Gasteiger partial charge in [-0.1, -0.05) is 19.4 Å². The quantitative estimate of drug-likeness (QED) is 0.882. The number of aromatic nitrogens is 2. The molecule has 3 heterocycles. The third-order valence-corrected chi connectivity index (χ3v) is 4.37. The highest BCUT2D eigenvalue weighted by Gasteiger charge is 2.40. The van der Waals surface area contributed by atoms with Crippen LogP contribution in [0.2, 0.25) is 0 Å². The van der Waals surface area contributed by atoms with E-state index < -0.39 is 29.1 Å². The van der Waals surface area contributed by atoms with Crippen molar-refractivity contribution in [1.82, 2.24) is 9.97 Å². The summed E-state index contributed by atoms with van der Waals surface area (Å²) in [5.74, 6) is -0.0436. The summed E-state index contributed by atoms with van der Waals surface area (Å²) >= 11 is 0. The monoisotopic (exact) mass is 378 g/mol. The Hall–Kier alpha value is -2.86. The number of pyridine rings is 2. The van der Waals surface area contributed by atoms with E-state index in [1.165, 1.54) is 6.07 Å². The second kappa shape index (κ2) is 7.40. The highest BCUT2D eigenvalue weighted by atomic mass is 19.4. The second-order valence-corrected chi connectivity index (χ2v) is 6.17. The molecule has 142 valence electrons. The van der Waals surface area contributed by atoms with Crippen LogP contribution in [-0.2, 0) is 10.9 Å². The normalized spacial score (nSPS) is 19.9. The average Bonchev–Trinajstić information content (AvgIpc) is 3.05. The zero-order valence-electron chi connectivity index (χ0n) is 14.5. The number of alkyl halides is 3. The zero-order valence-corrected chi connectivity index (χ0v) is 14.5. The molecule has 9 heteroatoms. The first kappa shape index (κ1) is 18.9. The number of anilines is 1. The Balaban J connectivity index is 2.14. The SMILES string of the molecule is CCCC1COC(c2ccccn2)N1c1cc(C(F)(F)F)c(C#N)c(=O)[nH]1. The molecule has 2 aromatic rings. The third-order valence-electron chi connectivity index (χ3n) is 4.37. The summed E-state index contributed by atoms with van der Waals surface area (Å²) in [6.45, 7) is 2.24. The molecule has 1 aliphatic rings. The fraction of sp³-hybridized carbons (Fsp3) is 0.389. The molecule has 3 rings (SSSR count). The van der Waals surface area contributed by atoms with Gasteiger partial charge in [0.15, 0.2) is 6.23 Å². The summed E-state index contributed by atoms with van der Waals surface area (Å²) in [5.41, 5.74) is -2.77. The minimum absolute atomic E-state index is 0.0436. The van der Waals surface area contributed by atoms with E-state index in [1.807, 2.05) is 6.92 Å². The summed E-state index contributed by atoms with van der Waals surface area (Å²) in [7, 11) is 0. The molecule has 1 saturated heterocycles. The van der Waals surface area contributed by atoms with Gasteiger partial charge in [0.05, 0.1) is 23.9 Å². The predicted octanol–water partition coefficient (Wildman–Crippen LogP) is 3.36. The molecule has 0 aliphatic carbocycles. The lowest BCUT2D eigenvalue weighted by Crippen LogP contribution is -2.35. The van der Waals surface area contributed by atoms with Gasteiger partial charge in [-0.2, -0.15) is 18.4 Å². The molecule has 0 spiro atoms. The molecule has 0 radical (unpaired) electrons. The summed E-state index contributed by atoms with van der Waals surface area (Å²) in [6.07, 6.45) is -2.55. The van der Waals surface area contributed by atoms with E-state index in [4.69, 9.17) is 10.00 Å². The topological polar surface area (TPSA) is 82.0 Å². The molecule has 2 unspecified atom stereocenters. The van der Waals surface area contributed by atoms with Crippen molar-refractivity contribution in [3.8, 4) is 6.07 Å². The van der Waals surface area contributed by atoms with Crippen LogP contribution in [-0.4, -0.2) is 22.6 Å². The van der Waals surface area contributed by atoms with Crippen molar-refractivity contribution >= 4 is 5.82 Å². The zero-order chi connectivity index (χ0) is 19.6. The number of aromatic amines is 1. The van der Waals surface area contributed by atoms with Crippen LogP contribution in [0.25, 0.3) is 0 Å². The van der Waals surface area contributed by atoms with E-state index in [-0.39, 0.29) is 11.9 Å². The number of rotatable bonds is 4. The molecular formula is C18H17F3N4O2. The van der Waals surface area contributed by atoms with E-state index >= 15 is 0 Å². The first-order chi connectivity index (χ1) is 12.9. The van der Waals surface area contributed by atoms with Crippen molar-refractivity contribution in [1.29, 1.82) is 5.26 Å². The molecule has 1 fully saturated rings. The van der Waals surface area contributed by atoms with Gasteiger partial charge in [0.1, 0.15) is 17.5 Å². The fourth-order valence-corrected chi connectivity index (χ4v) is 3.20. The number of nitriles is 1. The average molecular weight is 378 g/mol. The second-order valence-electron chi connectivity index (χ2n) is 6.17. The number of H-pyrrole nitrogens is 1. The van der Waals surface area contributed by atoms with Crippen molar-refractivity contribution in [3.63, 3.8) is 0 Å². The van der Waals surface area contributed by atoms with Crippen LogP contribution < -0.4 is 10.5 Å². The third kappa shape index (κ3) is 3.66. The van der Waals surface area contributed by atoms with Crippen molar-refractivity contribution < 1.29 is 17.9 Å². The maximum atomic E-state index is 13.4. The van der Waals surface area contributed by atoms with Crippen LogP contribution in [0.4, 0.5) is 19.0 Å². The molecule has 0 amide bonds. The van der Waals surface area contributed by atoms with E-state index in [0.29, 0.717) is 18.7 Å². The summed E-state index contributed by atoms with van der Waals surface area (Å²) in [4.78, 5) is 20.4. The number of halogens is 3. The first-order valence-corrected chi connectivity index (χ1v) is 8.42. The number of hydrogen-bond donors (Lipinski definition) is 1. The van der Waals surface area contributed by atoms with Crippen molar-refractivity contribution in [2.24, 2.45) is 0 Å². The fourth-order valence-electron chi connectivity index (χ4n) is 3.20. The van der Waals surface area contributed by atoms with Gasteiger partial charge in [0.25, 0.3) is 5.56 Å². The van der Waals surface area contributed by atoms with Crippen molar-refractivity contribution in [2.75, 3.05) is 11.5 Å². The molecule has 2 atom stereocenters. The maximum Gasteiger partial charge on any atom is 0.418 e. The minimum Gasteiger partial charge on any atom is -0.350 e. The highest BCUT2D eigenvalue weighted by Crippen LogP contribution is 2.38. The molecule has 6 nitrogen and oxygen atoms in total. The lowest BCUT2D eigenvalue weighted by Gasteiger charge is -2.30. The van der Waals surface area contributed by atoms with E-state index in [9.17, 15) is 18.0 Å². The minimum atomic E-state index is -4.82. The van der Waals surface area contributed by atoms with Gasteiger partial charge in [0, 0.05) is 6.20 Å². The molecule has 0 saturated carbocycles. The first-order valence-electron chi connectivity index (χ1n) is 8.42. The Kier molecular flexibility index (Phi) is 5.19. The number of nitrogens with one attached hydrogen (secondary N) is 1. The summed E-state index contributed by atoms with van der Waals surface area (Å²) < 4.78 is 45.9. The summed E-state index contributed by atoms with van der Waals surface area (Å²) in [6, 6.07) is 7.09. The van der Waals surface area contributed by atoms with E-state index in [1.54, 1.807) is 29.3 Å². The van der Waals surface area contributed by atoms with Crippen LogP contribution >= 0.6 is 0 Å². The highest BCUT2D eigenvalue weighted by molar-refractivity contribution is 5.51. The molecule has 0 bridgehead atoms. The van der Waals surface area contributed by atoms with Crippen molar-refractivity contribution in [3.05, 3.63) is 57.6 Å². The lowest BCUT2D eigenvalue weighted by atomic mass is 10.1. The predicted molar refractivity (Wildman–Crippen MR) is 90.9 cm³/mol. The van der Waals surface area contributed by atoms with Gasteiger partial charge in [-0.05, 0) is 24.6 Å². The van der Waals surface area contributed by atoms with Crippen LogP contribution in [0.3, 0.4) is 0 Å². The largest absolute Gasteiger partial charge is 0.418 e. The molecule has 1 N–H and O–H groups in total. The van der Waals surface area contributed by atoms with Crippen LogP contribution in [0, 0.1) is 11.3 Å². The molecule has 2 aromatic heterocycles. The maximum absolute atomic E-state index is 13.4. The van der Waals surface area contributed by atoms with Gasteiger partial charge >= 0.3 is 6.18 Å². The lowest BCUT2D eigenvalue weighted by molar-refractivity contribution is -0.137. The standard InChI is InChI=1S/C18H17F3N4O2/c1-2-5-11-10-27-17(14-6-3-4-7-23-14)25(11)15-8-13(18(19,20)21)12(9-22)16(26)24-15/h3-4,6-8,11,17H,2,5,10H2,1H3,(H,24,26). The van der Waals surface area contributed by atoms with Gasteiger partial charge in [-0.3, -0.25) is 9.78 Å². The summed E-state index contributed by atoms with van der Waals surface area (Å²) in [5, 5.41) is 8.97. The molecule has 0 aromatic carbocycles. The van der Waals surface area contributed by atoms with Gasteiger partial charge < -0.3 is 14.6 Å². The van der Waals surface area contributed by atoms with Gasteiger partial charge in [0.2, 0.25) is 0 Å². The number of hydrogen-bond acceptors (Lipinski definition) is 5. The number of ether oxygens (including phenoxy) is 1. The van der Waals surface area contributed by atoms with E-state index in [2.05, 4.69) is 9.97 Å². The van der Waals surface area contributed by atoms with E-state index in [0.717, 1.165) is 12.5 Å². The Bertz CT molecular complexity index is 906. The Morgan fingerprint density at radius 2 is 2.22 bits per heavy atom. The Morgan fingerprint density at radius 1 is 1.44 bits per heavy atom. The van der Waals surface area contributed by atoms with Gasteiger partial charge in [-0.15, -0.1) is 0 Å². The molecule has 1 aliphatic heterocycles. The van der Waals surface area contributed by atoms with Crippen LogP contribution in [0.1, 0.15) is 42.8 Å². The molecule has 27 heavy (non-hydrogen) atoms. The molecular weight excluding hydrogens is 361 g/mol. The Morgan fingerprint density at radius 3 is 2.81 bits per heavy atom. The smallest absolute Gasteiger partial charge is 0.350 e. The van der Waals surface area contributed by atoms with Crippen molar-refractivity contribution in [2.45, 2.75) is 38.2 Å². The number of nitrogens with zero attached hydrogens (tertiary/aromatic N) is 3.